The second kappa shape index (κ2) is 16.1. The summed E-state index contributed by atoms with van der Waals surface area (Å²) in [6, 6.07) is 24.7. The molecular formula is C36H41N3O8S. The highest BCUT2D eigenvalue weighted by Gasteiger charge is 2.36. The zero-order chi connectivity index (χ0) is 34.8. The van der Waals surface area contributed by atoms with Crippen molar-refractivity contribution in [1.29, 1.82) is 0 Å². The number of sulfonamides is 1. The predicted octanol–water partition coefficient (Wildman–Crippen LogP) is 4.61. The largest absolute Gasteiger partial charge is 0.497 e. The maximum atomic E-state index is 14.7. The third-order valence-corrected chi connectivity index (χ3v) is 9.75. The average Bonchev–Trinajstić information content (AvgIpc) is 3.11. The number of aryl methyl sites for hydroxylation is 1. The first kappa shape index (κ1) is 35.6. The van der Waals surface area contributed by atoms with E-state index in [2.05, 4.69) is 5.32 Å². The van der Waals surface area contributed by atoms with Gasteiger partial charge in [0, 0.05) is 32.1 Å². The smallest absolute Gasteiger partial charge is 0.265 e. The summed E-state index contributed by atoms with van der Waals surface area (Å²) in [5.74, 6) is 0.0359. The molecule has 0 aliphatic heterocycles. The molecule has 48 heavy (non-hydrogen) atoms. The SMILES string of the molecule is CNC(=O)[C@@H](Cc1ccccc1)N(Cc1ccccc1C)C(=O)CN(c1cc(OC)ccc1OC)S(=O)(=O)c1ccc(OC)c(OC)c1. The van der Waals surface area contributed by atoms with Gasteiger partial charge in [-0.05, 0) is 47.9 Å². The minimum Gasteiger partial charge on any atom is -0.497 e. The molecule has 0 spiro atoms. The van der Waals surface area contributed by atoms with Crippen LogP contribution in [0.3, 0.4) is 0 Å². The Bertz CT molecular complexity index is 1830. The van der Waals surface area contributed by atoms with Gasteiger partial charge in [-0.3, -0.25) is 13.9 Å². The Morgan fingerprint density at radius 1 is 0.771 bits per heavy atom. The first-order chi connectivity index (χ1) is 23.1. The van der Waals surface area contributed by atoms with Crippen molar-refractivity contribution in [1.82, 2.24) is 10.2 Å². The average molecular weight is 676 g/mol. The number of carbonyl (C=O) groups is 2. The number of amides is 2. The van der Waals surface area contributed by atoms with Crippen LogP contribution in [0.1, 0.15) is 16.7 Å². The molecule has 0 fully saturated rings. The monoisotopic (exact) mass is 675 g/mol. The fourth-order valence-corrected chi connectivity index (χ4v) is 6.73. The molecule has 0 aliphatic rings. The fraction of sp³-hybridized carbons (Fsp3) is 0.278. The number of carbonyl (C=O) groups excluding carboxylic acids is 2. The van der Waals surface area contributed by atoms with Gasteiger partial charge in [-0.1, -0.05) is 54.6 Å². The lowest BCUT2D eigenvalue weighted by Gasteiger charge is -2.34. The molecular weight excluding hydrogens is 634 g/mol. The molecule has 254 valence electrons. The number of hydrogen-bond donors (Lipinski definition) is 1. The molecule has 0 heterocycles. The summed E-state index contributed by atoms with van der Waals surface area (Å²) in [4.78, 5) is 29.5. The van der Waals surface area contributed by atoms with Crippen molar-refractivity contribution < 1.29 is 37.0 Å². The third-order valence-electron chi connectivity index (χ3n) is 8.00. The highest BCUT2D eigenvalue weighted by Crippen LogP contribution is 2.38. The van der Waals surface area contributed by atoms with Crippen molar-refractivity contribution in [3.63, 3.8) is 0 Å². The second-order valence-electron chi connectivity index (χ2n) is 10.8. The van der Waals surface area contributed by atoms with Crippen molar-refractivity contribution in [2.24, 2.45) is 0 Å². The second-order valence-corrected chi connectivity index (χ2v) is 12.7. The van der Waals surface area contributed by atoms with E-state index in [4.69, 9.17) is 18.9 Å². The van der Waals surface area contributed by atoms with Crippen molar-refractivity contribution in [3.8, 4) is 23.0 Å². The lowest BCUT2D eigenvalue weighted by Crippen LogP contribution is -2.53. The lowest BCUT2D eigenvalue weighted by molar-refractivity contribution is -0.139. The number of nitrogens with zero attached hydrogens (tertiary/aromatic N) is 2. The van der Waals surface area contributed by atoms with Gasteiger partial charge in [-0.2, -0.15) is 0 Å². The molecule has 1 atom stereocenters. The Labute approximate surface area is 282 Å². The number of nitrogens with one attached hydrogen (secondary N) is 1. The number of anilines is 1. The van der Waals surface area contributed by atoms with Crippen LogP contribution in [0.5, 0.6) is 23.0 Å². The van der Waals surface area contributed by atoms with Crippen LogP contribution in [0.4, 0.5) is 5.69 Å². The van der Waals surface area contributed by atoms with Crippen LogP contribution in [0.2, 0.25) is 0 Å². The van der Waals surface area contributed by atoms with Gasteiger partial charge < -0.3 is 29.2 Å². The molecule has 12 heteroatoms. The molecule has 0 radical (unpaired) electrons. The van der Waals surface area contributed by atoms with E-state index in [1.165, 1.54) is 64.7 Å². The van der Waals surface area contributed by atoms with E-state index in [0.29, 0.717) is 11.5 Å². The molecule has 0 saturated heterocycles. The van der Waals surface area contributed by atoms with Crippen molar-refractivity contribution in [2.75, 3.05) is 46.3 Å². The summed E-state index contributed by atoms with van der Waals surface area (Å²) in [7, 11) is 2.73. The summed E-state index contributed by atoms with van der Waals surface area (Å²) in [6.07, 6.45) is 0.197. The van der Waals surface area contributed by atoms with Gasteiger partial charge in [0.05, 0.1) is 39.0 Å². The van der Waals surface area contributed by atoms with Crippen molar-refractivity contribution in [3.05, 3.63) is 108 Å². The number of likely N-dealkylation sites (N-methyl/N-ethyl adjacent to an activating group) is 1. The minimum atomic E-state index is -4.48. The van der Waals surface area contributed by atoms with E-state index in [0.717, 1.165) is 21.0 Å². The van der Waals surface area contributed by atoms with Crippen LogP contribution in [-0.2, 0) is 32.6 Å². The number of hydrogen-bond acceptors (Lipinski definition) is 8. The van der Waals surface area contributed by atoms with Gasteiger partial charge in [-0.25, -0.2) is 8.42 Å². The topological polar surface area (TPSA) is 124 Å². The van der Waals surface area contributed by atoms with E-state index >= 15 is 0 Å². The Morgan fingerprint density at radius 2 is 1.42 bits per heavy atom. The number of ether oxygens (including phenoxy) is 4. The Hall–Kier alpha value is -5.23. The predicted molar refractivity (Wildman–Crippen MR) is 183 cm³/mol. The van der Waals surface area contributed by atoms with Gasteiger partial charge in [0.2, 0.25) is 11.8 Å². The summed E-state index contributed by atoms with van der Waals surface area (Å²) in [5, 5.41) is 2.69. The van der Waals surface area contributed by atoms with Crippen LogP contribution < -0.4 is 28.6 Å². The van der Waals surface area contributed by atoms with Crippen LogP contribution in [0.25, 0.3) is 0 Å². The summed E-state index contributed by atoms with van der Waals surface area (Å²) >= 11 is 0. The maximum absolute atomic E-state index is 14.7. The minimum absolute atomic E-state index is 0.0515. The van der Waals surface area contributed by atoms with E-state index in [9.17, 15) is 18.0 Å². The Kier molecular flexibility index (Phi) is 11.9. The van der Waals surface area contributed by atoms with Crippen molar-refractivity contribution >= 4 is 27.5 Å². The summed E-state index contributed by atoms with van der Waals surface area (Å²) in [6.45, 7) is 1.29. The lowest BCUT2D eigenvalue weighted by atomic mass is 10.0. The fourth-order valence-electron chi connectivity index (χ4n) is 5.30. The molecule has 1 N–H and O–H groups in total. The standard InChI is InChI=1S/C36H41N3O8S/c1-25-12-10-11-15-27(25)23-38(31(36(41)37-2)20-26-13-8-7-9-14-26)35(40)24-39(30-21-28(44-3)16-18-32(30)45-4)48(42,43)29-17-19-33(46-5)34(22-29)47-6/h7-19,21-22,31H,20,23-24H2,1-6H3,(H,37,41)/t31-/m1/s1. The van der Waals surface area contributed by atoms with E-state index in [1.54, 1.807) is 12.1 Å². The molecule has 2 amide bonds. The molecule has 4 rings (SSSR count). The molecule has 0 unspecified atom stereocenters. The van der Waals surface area contributed by atoms with E-state index in [-0.39, 0.29) is 35.0 Å². The van der Waals surface area contributed by atoms with Gasteiger partial charge in [-0.15, -0.1) is 0 Å². The zero-order valence-electron chi connectivity index (χ0n) is 27.9. The number of rotatable bonds is 15. The highest BCUT2D eigenvalue weighted by atomic mass is 32.2. The van der Waals surface area contributed by atoms with Crippen molar-refractivity contribution in [2.45, 2.75) is 30.8 Å². The molecule has 11 nitrogen and oxygen atoms in total. The maximum Gasteiger partial charge on any atom is 0.265 e. The first-order valence-corrected chi connectivity index (χ1v) is 16.6. The van der Waals surface area contributed by atoms with Crippen LogP contribution >= 0.6 is 0 Å². The molecule has 0 bridgehead atoms. The van der Waals surface area contributed by atoms with Crippen LogP contribution in [0, 0.1) is 6.92 Å². The molecule has 0 aliphatic carbocycles. The number of benzene rings is 4. The summed E-state index contributed by atoms with van der Waals surface area (Å²) in [5.41, 5.74) is 2.62. The molecule has 0 aromatic heterocycles. The highest BCUT2D eigenvalue weighted by molar-refractivity contribution is 7.92. The van der Waals surface area contributed by atoms with Crippen LogP contribution in [0.15, 0.2) is 95.9 Å². The zero-order valence-corrected chi connectivity index (χ0v) is 28.7. The quantitative estimate of drug-likeness (QED) is 0.194. The van der Waals surface area contributed by atoms with Crippen LogP contribution in [-0.4, -0.2) is 73.2 Å². The molecule has 0 saturated carbocycles. The Morgan fingerprint density at radius 3 is 2.04 bits per heavy atom. The van der Waals surface area contributed by atoms with E-state index in [1.807, 2.05) is 61.5 Å². The van der Waals surface area contributed by atoms with Gasteiger partial charge in [0.25, 0.3) is 10.0 Å². The van der Waals surface area contributed by atoms with Gasteiger partial charge in [0.1, 0.15) is 24.1 Å². The number of methoxy groups -OCH3 is 4. The molecule has 4 aromatic rings. The summed E-state index contributed by atoms with van der Waals surface area (Å²) < 4.78 is 51.8. The van der Waals surface area contributed by atoms with E-state index < -0.39 is 34.4 Å². The Balaban J connectivity index is 1.89. The third kappa shape index (κ3) is 8.00. The van der Waals surface area contributed by atoms with Gasteiger partial charge in [0.15, 0.2) is 11.5 Å². The van der Waals surface area contributed by atoms with Gasteiger partial charge >= 0.3 is 0 Å². The molecule has 4 aromatic carbocycles. The first-order valence-electron chi connectivity index (χ1n) is 15.1. The normalized spacial score (nSPS) is 11.6.